The molecule has 84 valence electrons. The molecule has 1 aromatic carbocycles. The smallest absolute Gasteiger partial charge is 0.133 e. The van der Waals surface area contributed by atoms with Crippen LogP contribution < -0.4 is 0 Å². The van der Waals surface area contributed by atoms with Gasteiger partial charge < -0.3 is 0 Å². The Hall–Kier alpha value is -1.15. The molecule has 1 aromatic rings. The first-order chi connectivity index (χ1) is 7.81. The summed E-state index contributed by atoms with van der Waals surface area (Å²) in [6.07, 6.45) is 1.66. The van der Waals surface area contributed by atoms with E-state index in [0.29, 0.717) is 17.6 Å². The lowest BCUT2D eigenvalue weighted by Gasteiger charge is -2.16. The van der Waals surface area contributed by atoms with Crippen molar-refractivity contribution in [3.8, 4) is 0 Å². The Balaban J connectivity index is 1.62. The van der Waals surface area contributed by atoms with Gasteiger partial charge in [-0.3, -0.25) is 9.69 Å². The van der Waals surface area contributed by atoms with Crippen LogP contribution in [0.1, 0.15) is 18.4 Å². The maximum absolute atomic E-state index is 11.3. The van der Waals surface area contributed by atoms with Crippen molar-refractivity contribution in [2.24, 2.45) is 11.8 Å². The molecule has 1 aliphatic heterocycles. The Labute approximate surface area is 96.3 Å². The first-order valence-electron chi connectivity index (χ1n) is 6.09. The number of Topliss-reactive ketones (excluding diaryl/α,β-unsaturated/α-hetero) is 1. The molecule has 0 radical (unpaired) electrons. The van der Waals surface area contributed by atoms with E-state index in [9.17, 15) is 4.79 Å². The minimum Gasteiger partial charge on any atom is -0.300 e. The molecule has 2 fully saturated rings. The van der Waals surface area contributed by atoms with Gasteiger partial charge in [-0.05, 0) is 17.4 Å². The van der Waals surface area contributed by atoms with Crippen molar-refractivity contribution in [1.82, 2.24) is 4.90 Å². The van der Waals surface area contributed by atoms with E-state index in [1.54, 1.807) is 0 Å². The number of nitrogens with zero attached hydrogens (tertiary/aromatic N) is 1. The third-order valence-corrected chi connectivity index (χ3v) is 3.88. The molecule has 1 aliphatic carbocycles. The molecular weight excluding hydrogens is 198 g/mol. The van der Waals surface area contributed by atoms with E-state index in [-0.39, 0.29) is 0 Å². The Kier molecular flexibility index (Phi) is 2.52. The minimum absolute atomic E-state index is 0.481. The average Bonchev–Trinajstić information content (AvgIpc) is 2.76. The quantitative estimate of drug-likeness (QED) is 0.753. The van der Waals surface area contributed by atoms with Crippen molar-refractivity contribution in [3.05, 3.63) is 35.9 Å². The molecule has 2 aliphatic rings. The largest absolute Gasteiger partial charge is 0.300 e. The normalized spacial score (nSPS) is 29.6. The summed E-state index contributed by atoms with van der Waals surface area (Å²) in [5, 5.41) is 0. The fraction of sp³-hybridized carbons (Fsp3) is 0.500. The van der Waals surface area contributed by atoms with Crippen LogP contribution in [0, 0.1) is 11.8 Å². The maximum Gasteiger partial charge on any atom is 0.133 e. The third-order valence-electron chi connectivity index (χ3n) is 3.88. The van der Waals surface area contributed by atoms with Gasteiger partial charge in [0, 0.05) is 32.5 Å². The molecule has 3 rings (SSSR count). The number of likely N-dealkylation sites (tertiary alicyclic amines) is 1. The van der Waals surface area contributed by atoms with Crippen molar-refractivity contribution in [1.29, 1.82) is 0 Å². The Morgan fingerprint density at radius 2 is 1.69 bits per heavy atom. The number of hydrogen-bond acceptors (Lipinski definition) is 2. The van der Waals surface area contributed by atoms with Crippen LogP contribution in [0.25, 0.3) is 0 Å². The molecule has 1 heterocycles. The van der Waals surface area contributed by atoms with Gasteiger partial charge >= 0.3 is 0 Å². The second-order valence-electron chi connectivity index (χ2n) is 5.15. The first-order valence-corrected chi connectivity index (χ1v) is 6.09. The van der Waals surface area contributed by atoms with Gasteiger partial charge in [0.15, 0.2) is 0 Å². The monoisotopic (exact) mass is 215 g/mol. The van der Waals surface area contributed by atoms with E-state index >= 15 is 0 Å². The maximum atomic E-state index is 11.3. The van der Waals surface area contributed by atoms with Gasteiger partial charge in [0.25, 0.3) is 0 Å². The van der Waals surface area contributed by atoms with Crippen LogP contribution in [0.2, 0.25) is 0 Å². The lowest BCUT2D eigenvalue weighted by atomic mass is 10.0. The van der Waals surface area contributed by atoms with Crippen molar-refractivity contribution < 1.29 is 4.79 Å². The molecule has 0 amide bonds. The minimum atomic E-state index is 0.481. The standard InChI is InChI=1S/C14H17NO/c16-14-6-12-9-15(10-13(12)7-14)8-11-4-2-1-3-5-11/h1-5,12-13H,6-10H2/t12-,13-/m0/s1. The molecule has 2 atom stereocenters. The third kappa shape index (κ3) is 1.90. The molecule has 1 saturated heterocycles. The number of carbonyl (C=O) groups excluding carboxylic acids is 1. The summed E-state index contributed by atoms with van der Waals surface area (Å²) in [7, 11) is 0. The summed E-state index contributed by atoms with van der Waals surface area (Å²) in [6, 6.07) is 10.6. The van der Waals surface area contributed by atoms with Gasteiger partial charge in [-0.25, -0.2) is 0 Å². The summed E-state index contributed by atoms with van der Waals surface area (Å²) in [4.78, 5) is 13.8. The average molecular weight is 215 g/mol. The summed E-state index contributed by atoms with van der Waals surface area (Å²) >= 11 is 0. The van der Waals surface area contributed by atoms with Crippen LogP contribution in [0.5, 0.6) is 0 Å². The van der Waals surface area contributed by atoms with E-state index in [1.165, 1.54) is 5.56 Å². The molecule has 2 nitrogen and oxygen atoms in total. The number of ketones is 1. The molecule has 16 heavy (non-hydrogen) atoms. The fourth-order valence-corrected chi connectivity index (χ4v) is 3.14. The summed E-state index contributed by atoms with van der Waals surface area (Å²) in [5.41, 5.74) is 1.38. The zero-order valence-electron chi connectivity index (χ0n) is 9.43. The Bertz CT molecular complexity index is 371. The highest BCUT2D eigenvalue weighted by Crippen LogP contribution is 2.36. The van der Waals surface area contributed by atoms with Crippen LogP contribution in [-0.2, 0) is 11.3 Å². The van der Waals surface area contributed by atoms with Crippen LogP contribution in [-0.4, -0.2) is 23.8 Å². The number of hydrogen-bond donors (Lipinski definition) is 0. The molecule has 2 heteroatoms. The molecule has 0 unspecified atom stereocenters. The predicted molar refractivity (Wildman–Crippen MR) is 62.9 cm³/mol. The zero-order valence-corrected chi connectivity index (χ0v) is 9.43. The lowest BCUT2D eigenvalue weighted by Crippen LogP contribution is -2.21. The Morgan fingerprint density at radius 3 is 2.31 bits per heavy atom. The summed E-state index contributed by atoms with van der Waals surface area (Å²) in [6.45, 7) is 3.28. The van der Waals surface area contributed by atoms with E-state index in [0.717, 1.165) is 32.5 Å². The van der Waals surface area contributed by atoms with Crippen molar-refractivity contribution in [2.45, 2.75) is 19.4 Å². The first kappa shape index (κ1) is 10.0. The zero-order chi connectivity index (χ0) is 11.0. The van der Waals surface area contributed by atoms with Gasteiger partial charge in [0.2, 0.25) is 0 Å². The van der Waals surface area contributed by atoms with Gasteiger partial charge in [-0.1, -0.05) is 30.3 Å². The van der Waals surface area contributed by atoms with Crippen LogP contribution >= 0.6 is 0 Å². The van der Waals surface area contributed by atoms with Gasteiger partial charge in [-0.15, -0.1) is 0 Å². The SMILES string of the molecule is O=C1C[C@H]2CN(Cc3ccccc3)C[C@@H]2C1. The van der Waals surface area contributed by atoms with E-state index in [2.05, 4.69) is 35.2 Å². The van der Waals surface area contributed by atoms with Crippen molar-refractivity contribution >= 4 is 5.78 Å². The van der Waals surface area contributed by atoms with Crippen LogP contribution in [0.4, 0.5) is 0 Å². The molecule has 0 bridgehead atoms. The molecule has 0 spiro atoms. The highest BCUT2D eigenvalue weighted by atomic mass is 16.1. The van der Waals surface area contributed by atoms with Crippen LogP contribution in [0.15, 0.2) is 30.3 Å². The highest BCUT2D eigenvalue weighted by molar-refractivity contribution is 5.81. The van der Waals surface area contributed by atoms with Crippen LogP contribution in [0.3, 0.4) is 0 Å². The lowest BCUT2D eigenvalue weighted by molar-refractivity contribution is -0.118. The molecule has 1 saturated carbocycles. The molecule has 0 N–H and O–H groups in total. The Morgan fingerprint density at radius 1 is 1.06 bits per heavy atom. The predicted octanol–water partition coefficient (Wildman–Crippen LogP) is 2.10. The van der Waals surface area contributed by atoms with E-state index in [4.69, 9.17) is 0 Å². The molecule has 0 aromatic heterocycles. The number of fused-ring (bicyclic) bond motifs is 1. The topological polar surface area (TPSA) is 20.3 Å². The van der Waals surface area contributed by atoms with Gasteiger partial charge in [-0.2, -0.15) is 0 Å². The second-order valence-corrected chi connectivity index (χ2v) is 5.15. The van der Waals surface area contributed by atoms with Gasteiger partial charge in [0.05, 0.1) is 0 Å². The van der Waals surface area contributed by atoms with Crippen molar-refractivity contribution in [3.63, 3.8) is 0 Å². The van der Waals surface area contributed by atoms with Crippen molar-refractivity contribution in [2.75, 3.05) is 13.1 Å². The van der Waals surface area contributed by atoms with Gasteiger partial charge in [0.1, 0.15) is 5.78 Å². The second kappa shape index (κ2) is 4.02. The van der Waals surface area contributed by atoms with E-state index in [1.807, 2.05) is 0 Å². The number of carbonyl (C=O) groups is 1. The highest BCUT2D eigenvalue weighted by Gasteiger charge is 2.39. The molecular formula is C14H17NO. The summed E-state index contributed by atoms with van der Waals surface area (Å²) in [5.74, 6) is 1.78. The summed E-state index contributed by atoms with van der Waals surface area (Å²) < 4.78 is 0. The fourth-order valence-electron chi connectivity index (χ4n) is 3.14. The number of rotatable bonds is 2. The number of benzene rings is 1. The van der Waals surface area contributed by atoms with E-state index < -0.39 is 0 Å².